The van der Waals surface area contributed by atoms with Crippen LogP contribution in [-0.4, -0.2) is 78.5 Å². The first kappa shape index (κ1) is 35.4. The van der Waals surface area contributed by atoms with Gasteiger partial charge in [-0.3, -0.25) is 13.8 Å². The number of unbranched alkanes of at least 4 members (excludes halogenated alkanes) is 12. The molecule has 214 valence electrons. The quantitative estimate of drug-likeness (QED) is 0.0620. The summed E-state index contributed by atoms with van der Waals surface area (Å²) in [5.41, 5.74) is 0. The van der Waals surface area contributed by atoms with Crippen LogP contribution in [0.5, 0.6) is 0 Å². The van der Waals surface area contributed by atoms with Crippen molar-refractivity contribution in [1.29, 1.82) is 0 Å². The van der Waals surface area contributed by atoms with E-state index in [9.17, 15) is 19.4 Å². The Bertz CT molecular complexity index is 624. The van der Waals surface area contributed by atoms with Gasteiger partial charge in [0.05, 0.1) is 40.3 Å². The molecule has 0 amide bonds. The van der Waals surface area contributed by atoms with Crippen LogP contribution < -0.4 is 0 Å². The van der Waals surface area contributed by atoms with E-state index in [2.05, 4.69) is 13.5 Å². The fourth-order valence-electron chi connectivity index (χ4n) is 4.16. The van der Waals surface area contributed by atoms with Crippen LogP contribution >= 0.6 is 7.82 Å². The van der Waals surface area contributed by atoms with Crippen molar-refractivity contribution >= 4 is 13.6 Å². The standard InChI is InChI=1S/C27H54NO7P/c1-6-8-9-10-11-12-13-14-15-16-17-18-19-20-26(31)25(7-2)27(21-28(3,4)5)35-36(32,33)34-23-24(30)22-29/h7,24-25,27,29-30H,2,6,8-23H2,1,3-5H3/p+1. The Balaban J connectivity index is 4.47. The third kappa shape index (κ3) is 19.5. The van der Waals surface area contributed by atoms with Crippen LogP contribution in [0.25, 0.3) is 0 Å². The predicted molar refractivity (Wildman–Crippen MR) is 146 cm³/mol. The van der Waals surface area contributed by atoms with Gasteiger partial charge in [0.2, 0.25) is 0 Å². The van der Waals surface area contributed by atoms with E-state index in [0.29, 0.717) is 10.9 Å². The number of phosphoric ester groups is 1. The van der Waals surface area contributed by atoms with Crippen molar-refractivity contribution < 1.29 is 38.0 Å². The summed E-state index contributed by atoms with van der Waals surface area (Å²) >= 11 is 0. The predicted octanol–water partition coefficient (Wildman–Crippen LogP) is 5.40. The number of likely N-dealkylation sites (N-methyl/N-ethyl adjacent to an activating group) is 1. The Labute approximate surface area is 220 Å². The summed E-state index contributed by atoms with van der Waals surface area (Å²) in [5, 5.41) is 18.3. The Hall–Kier alpha value is -0.600. The van der Waals surface area contributed by atoms with Crippen molar-refractivity contribution in [1.82, 2.24) is 0 Å². The molecule has 0 radical (unpaired) electrons. The van der Waals surface area contributed by atoms with Gasteiger partial charge in [0.25, 0.3) is 0 Å². The molecule has 0 rings (SSSR count). The van der Waals surface area contributed by atoms with Crippen LogP contribution in [0.1, 0.15) is 96.8 Å². The minimum Gasteiger partial charge on any atom is -0.394 e. The number of aliphatic hydroxyl groups is 2. The fourth-order valence-corrected chi connectivity index (χ4v) is 5.12. The number of nitrogens with zero attached hydrogens (tertiary/aromatic N) is 1. The fraction of sp³-hybridized carbons (Fsp3) is 0.889. The van der Waals surface area contributed by atoms with Crippen LogP contribution in [-0.2, 0) is 18.4 Å². The maximum atomic E-state index is 13.0. The molecule has 0 saturated heterocycles. The minimum absolute atomic E-state index is 0.0677. The maximum absolute atomic E-state index is 13.0. The molecule has 0 aliphatic rings. The molecular weight excluding hydrogens is 481 g/mol. The zero-order valence-electron chi connectivity index (χ0n) is 23.4. The highest BCUT2D eigenvalue weighted by Crippen LogP contribution is 2.46. The number of hydrogen-bond acceptors (Lipinski definition) is 6. The highest BCUT2D eigenvalue weighted by molar-refractivity contribution is 7.47. The highest BCUT2D eigenvalue weighted by Gasteiger charge is 2.37. The molecule has 8 nitrogen and oxygen atoms in total. The number of rotatable bonds is 25. The monoisotopic (exact) mass is 536 g/mol. The molecule has 9 heteroatoms. The van der Waals surface area contributed by atoms with Crippen molar-refractivity contribution in [2.24, 2.45) is 5.92 Å². The Morgan fingerprint density at radius 1 is 0.944 bits per heavy atom. The number of carbonyl (C=O) groups excluding carboxylic acids is 1. The average Bonchev–Trinajstić information content (AvgIpc) is 2.79. The summed E-state index contributed by atoms with van der Waals surface area (Å²) in [5.74, 6) is -0.812. The van der Waals surface area contributed by atoms with Crippen LogP contribution in [0.3, 0.4) is 0 Å². The second-order valence-electron chi connectivity index (χ2n) is 10.9. The topological polar surface area (TPSA) is 113 Å². The summed E-state index contributed by atoms with van der Waals surface area (Å²) in [6.07, 6.45) is 15.6. The van der Waals surface area contributed by atoms with Gasteiger partial charge < -0.3 is 19.6 Å². The van der Waals surface area contributed by atoms with Crippen molar-refractivity contribution in [2.45, 2.75) is 109 Å². The van der Waals surface area contributed by atoms with Crippen molar-refractivity contribution in [3.8, 4) is 0 Å². The molecule has 36 heavy (non-hydrogen) atoms. The smallest absolute Gasteiger partial charge is 0.394 e. The van der Waals surface area contributed by atoms with Gasteiger partial charge in [-0.25, -0.2) is 4.57 Å². The molecule has 0 heterocycles. The van der Waals surface area contributed by atoms with Crippen LogP contribution in [0.2, 0.25) is 0 Å². The third-order valence-corrected chi connectivity index (χ3v) is 7.20. The first-order valence-electron chi connectivity index (χ1n) is 13.9. The Morgan fingerprint density at radius 3 is 1.83 bits per heavy atom. The van der Waals surface area contributed by atoms with Crippen molar-refractivity contribution in [3.05, 3.63) is 12.7 Å². The van der Waals surface area contributed by atoms with Gasteiger partial charge in [-0.05, 0) is 6.42 Å². The first-order valence-corrected chi connectivity index (χ1v) is 15.4. The Morgan fingerprint density at radius 2 is 1.42 bits per heavy atom. The molecule has 0 fully saturated rings. The van der Waals surface area contributed by atoms with E-state index >= 15 is 0 Å². The van der Waals surface area contributed by atoms with Gasteiger partial charge in [0.1, 0.15) is 24.5 Å². The van der Waals surface area contributed by atoms with Gasteiger partial charge in [-0.1, -0.05) is 90.0 Å². The van der Waals surface area contributed by atoms with E-state index in [4.69, 9.17) is 14.2 Å². The van der Waals surface area contributed by atoms with E-state index in [-0.39, 0.29) is 12.3 Å². The Kier molecular flexibility index (Phi) is 20.0. The first-order chi connectivity index (χ1) is 17.0. The normalized spacial score (nSPS) is 16.3. The lowest BCUT2D eigenvalue weighted by molar-refractivity contribution is -0.873. The largest absolute Gasteiger partial charge is 0.472 e. The van der Waals surface area contributed by atoms with Gasteiger partial charge in [0, 0.05) is 6.42 Å². The third-order valence-electron chi connectivity index (χ3n) is 6.19. The minimum atomic E-state index is -4.55. The number of carbonyl (C=O) groups is 1. The van der Waals surface area contributed by atoms with E-state index < -0.39 is 39.2 Å². The molecule has 0 aromatic heterocycles. The van der Waals surface area contributed by atoms with Gasteiger partial charge in [-0.15, -0.1) is 6.58 Å². The van der Waals surface area contributed by atoms with Gasteiger partial charge in [-0.2, -0.15) is 0 Å². The lowest BCUT2D eigenvalue weighted by Gasteiger charge is -2.32. The zero-order chi connectivity index (χ0) is 27.5. The van der Waals surface area contributed by atoms with Gasteiger partial charge >= 0.3 is 7.82 Å². The second-order valence-corrected chi connectivity index (χ2v) is 12.3. The van der Waals surface area contributed by atoms with E-state index in [1.54, 1.807) is 0 Å². The van der Waals surface area contributed by atoms with Gasteiger partial charge in [0.15, 0.2) is 0 Å². The molecule has 0 spiro atoms. The molecule has 4 atom stereocenters. The average molecular weight is 537 g/mol. The van der Waals surface area contributed by atoms with E-state index in [0.717, 1.165) is 19.3 Å². The summed E-state index contributed by atoms with van der Waals surface area (Å²) in [7, 11) is 1.14. The van der Waals surface area contributed by atoms with Crippen LogP contribution in [0.15, 0.2) is 12.7 Å². The number of phosphoric acid groups is 1. The highest BCUT2D eigenvalue weighted by atomic mass is 31.2. The lowest BCUT2D eigenvalue weighted by atomic mass is 9.93. The number of Topliss-reactive ketones (excluding diaryl/α,β-unsaturated/α-hetero) is 1. The molecule has 3 N–H and O–H groups in total. The zero-order valence-corrected chi connectivity index (χ0v) is 24.3. The molecule has 0 saturated carbocycles. The number of hydrogen-bond donors (Lipinski definition) is 3. The van der Waals surface area contributed by atoms with Crippen molar-refractivity contribution in [2.75, 3.05) is 40.9 Å². The molecule has 0 aromatic carbocycles. The lowest BCUT2D eigenvalue weighted by Crippen LogP contribution is -2.46. The summed E-state index contributed by atoms with van der Waals surface area (Å²) in [6.45, 7) is 5.15. The van der Waals surface area contributed by atoms with Crippen molar-refractivity contribution in [3.63, 3.8) is 0 Å². The molecular formula is C27H55NO7P+. The molecule has 0 aliphatic heterocycles. The van der Waals surface area contributed by atoms with E-state index in [1.165, 1.54) is 70.3 Å². The summed E-state index contributed by atoms with van der Waals surface area (Å²) < 4.78 is 23.0. The maximum Gasteiger partial charge on any atom is 0.472 e. The van der Waals surface area contributed by atoms with E-state index in [1.807, 2.05) is 21.1 Å². The molecule has 0 aromatic rings. The molecule has 0 aliphatic carbocycles. The number of aliphatic hydroxyl groups excluding tert-OH is 2. The van der Waals surface area contributed by atoms with Crippen LogP contribution in [0.4, 0.5) is 0 Å². The molecule has 0 bridgehead atoms. The summed E-state index contributed by atoms with van der Waals surface area (Å²) in [6, 6.07) is 0. The van der Waals surface area contributed by atoms with Crippen LogP contribution in [0, 0.1) is 5.92 Å². The number of quaternary nitrogens is 1. The SMILES string of the molecule is C=CC(C(=O)CCCCCCCCCCCCCCC)C(C[N+](C)(C)C)OP(=O)(O)OCC(O)CO. The second kappa shape index (κ2) is 20.4. The summed E-state index contributed by atoms with van der Waals surface area (Å²) in [4.78, 5) is 23.1. The number of ketones is 1. The molecule has 4 unspecified atom stereocenters.